The molecule has 2 rings (SSSR count). The van der Waals surface area contributed by atoms with E-state index in [0.717, 1.165) is 5.52 Å². The molecule has 62 valence electrons. The fourth-order valence-electron chi connectivity index (χ4n) is 1.47. The van der Waals surface area contributed by atoms with Crippen LogP contribution in [-0.2, 0) is 0 Å². The van der Waals surface area contributed by atoms with Crippen LogP contribution < -0.4 is 4.84 Å². The lowest BCUT2D eigenvalue weighted by Gasteiger charge is -2.00. The molecule has 0 aliphatic carbocycles. The summed E-state index contributed by atoms with van der Waals surface area (Å²) in [5, 5.41) is 1.25. The molecular formula is C10H11NO. The maximum absolute atomic E-state index is 5.16. The molecule has 12 heavy (non-hydrogen) atoms. The number of fused-ring (bicyclic) bond motifs is 1. The molecule has 2 aromatic rings. The van der Waals surface area contributed by atoms with Crippen LogP contribution in [-0.4, -0.2) is 11.8 Å². The maximum atomic E-state index is 5.16. The topological polar surface area (TPSA) is 14.2 Å². The van der Waals surface area contributed by atoms with Gasteiger partial charge in [0, 0.05) is 11.6 Å². The Hall–Kier alpha value is -1.44. The number of rotatable bonds is 1. The van der Waals surface area contributed by atoms with Gasteiger partial charge in [-0.15, -0.1) is 0 Å². The molecule has 1 heterocycles. The lowest BCUT2D eigenvalue weighted by molar-refractivity contribution is 0.179. The van der Waals surface area contributed by atoms with Gasteiger partial charge < -0.3 is 4.84 Å². The Balaban J connectivity index is 2.82. The van der Waals surface area contributed by atoms with Crippen molar-refractivity contribution >= 4 is 10.9 Å². The van der Waals surface area contributed by atoms with Crippen LogP contribution in [0.3, 0.4) is 0 Å². The zero-order chi connectivity index (χ0) is 8.55. The lowest BCUT2D eigenvalue weighted by Crippen LogP contribution is -2.02. The molecule has 1 aromatic carbocycles. The van der Waals surface area contributed by atoms with E-state index in [1.807, 2.05) is 24.4 Å². The number of benzene rings is 1. The first-order chi connectivity index (χ1) is 5.83. The Labute approximate surface area is 71.3 Å². The van der Waals surface area contributed by atoms with Gasteiger partial charge >= 0.3 is 0 Å². The second kappa shape index (κ2) is 2.55. The fourth-order valence-corrected chi connectivity index (χ4v) is 1.47. The summed E-state index contributed by atoms with van der Waals surface area (Å²) < 4.78 is 1.78. The first-order valence-corrected chi connectivity index (χ1v) is 3.94. The summed E-state index contributed by atoms with van der Waals surface area (Å²) in [4.78, 5) is 5.16. The Morgan fingerprint density at radius 1 is 1.25 bits per heavy atom. The van der Waals surface area contributed by atoms with Gasteiger partial charge in [0.2, 0.25) is 0 Å². The van der Waals surface area contributed by atoms with Crippen molar-refractivity contribution in [3.05, 3.63) is 36.0 Å². The second-order valence-corrected chi connectivity index (χ2v) is 2.84. The van der Waals surface area contributed by atoms with Gasteiger partial charge in [-0.1, -0.05) is 18.2 Å². The van der Waals surface area contributed by atoms with Crippen molar-refractivity contribution in [2.24, 2.45) is 0 Å². The van der Waals surface area contributed by atoms with E-state index in [0.29, 0.717) is 0 Å². The second-order valence-electron chi connectivity index (χ2n) is 2.84. The van der Waals surface area contributed by atoms with Gasteiger partial charge in [0.25, 0.3) is 0 Å². The van der Waals surface area contributed by atoms with Crippen LogP contribution in [0.4, 0.5) is 0 Å². The van der Waals surface area contributed by atoms with E-state index in [1.54, 1.807) is 11.8 Å². The van der Waals surface area contributed by atoms with Gasteiger partial charge in [0.1, 0.15) is 7.11 Å². The van der Waals surface area contributed by atoms with E-state index in [2.05, 4.69) is 13.0 Å². The summed E-state index contributed by atoms with van der Waals surface area (Å²) in [5.41, 5.74) is 2.37. The van der Waals surface area contributed by atoms with Crippen molar-refractivity contribution in [3.63, 3.8) is 0 Å². The SMILES string of the molecule is COn1cc(C)c2ccccc21. The van der Waals surface area contributed by atoms with E-state index in [-0.39, 0.29) is 0 Å². The summed E-state index contributed by atoms with van der Waals surface area (Å²) in [6, 6.07) is 8.19. The first-order valence-electron chi connectivity index (χ1n) is 3.94. The molecule has 0 saturated heterocycles. The third kappa shape index (κ3) is 0.881. The predicted octanol–water partition coefficient (Wildman–Crippen LogP) is 2.01. The van der Waals surface area contributed by atoms with Crippen LogP contribution in [0.25, 0.3) is 10.9 Å². The normalized spacial score (nSPS) is 10.5. The van der Waals surface area contributed by atoms with Crippen molar-refractivity contribution in [1.82, 2.24) is 4.73 Å². The van der Waals surface area contributed by atoms with Crippen LogP contribution in [0.2, 0.25) is 0 Å². The zero-order valence-electron chi connectivity index (χ0n) is 7.24. The molecule has 0 aliphatic rings. The number of hydrogen-bond acceptors (Lipinski definition) is 1. The number of aryl methyl sites for hydroxylation is 1. The van der Waals surface area contributed by atoms with Crippen LogP contribution in [0.1, 0.15) is 5.56 Å². The third-order valence-corrected chi connectivity index (χ3v) is 2.07. The molecule has 0 saturated carbocycles. The Bertz CT molecular complexity index is 403. The van der Waals surface area contributed by atoms with Crippen LogP contribution in [0.15, 0.2) is 30.5 Å². The summed E-state index contributed by atoms with van der Waals surface area (Å²) >= 11 is 0. The van der Waals surface area contributed by atoms with E-state index in [4.69, 9.17) is 4.84 Å². The molecule has 0 unspecified atom stereocenters. The van der Waals surface area contributed by atoms with Gasteiger partial charge in [-0.25, -0.2) is 0 Å². The molecule has 1 aromatic heterocycles. The minimum atomic E-state index is 1.12. The molecule has 2 heteroatoms. The molecule has 0 atom stereocenters. The van der Waals surface area contributed by atoms with Crippen molar-refractivity contribution in [2.45, 2.75) is 6.92 Å². The van der Waals surface area contributed by atoms with Crippen LogP contribution in [0.5, 0.6) is 0 Å². The van der Waals surface area contributed by atoms with E-state index >= 15 is 0 Å². The lowest BCUT2D eigenvalue weighted by atomic mass is 10.2. The highest BCUT2D eigenvalue weighted by Gasteiger charge is 2.02. The molecule has 0 amide bonds. The van der Waals surface area contributed by atoms with Gasteiger partial charge in [-0.3, -0.25) is 0 Å². The average molecular weight is 161 g/mol. The largest absolute Gasteiger partial charge is 0.417 e. The predicted molar refractivity (Wildman–Crippen MR) is 49.2 cm³/mol. The molecule has 0 radical (unpaired) electrons. The standard InChI is InChI=1S/C10H11NO/c1-8-7-11(12-2)10-6-4-3-5-9(8)10/h3-7H,1-2H3. The minimum Gasteiger partial charge on any atom is -0.417 e. The van der Waals surface area contributed by atoms with E-state index in [1.165, 1.54) is 10.9 Å². The highest BCUT2D eigenvalue weighted by molar-refractivity contribution is 5.83. The molecule has 0 N–H and O–H groups in total. The van der Waals surface area contributed by atoms with E-state index < -0.39 is 0 Å². The summed E-state index contributed by atoms with van der Waals surface area (Å²) in [5.74, 6) is 0. The Morgan fingerprint density at radius 3 is 2.75 bits per heavy atom. The molecular weight excluding hydrogens is 150 g/mol. The molecule has 0 aliphatic heterocycles. The van der Waals surface area contributed by atoms with Gasteiger partial charge in [0.15, 0.2) is 0 Å². The summed E-state index contributed by atoms with van der Waals surface area (Å²) in [6.45, 7) is 2.08. The third-order valence-electron chi connectivity index (χ3n) is 2.07. The molecule has 0 bridgehead atoms. The Kier molecular flexibility index (Phi) is 1.54. The van der Waals surface area contributed by atoms with Crippen LogP contribution in [0, 0.1) is 6.92 Å². The average Bonchev–Trinajstić information content (AvgIpc) is 2.44. The quantitative estimate of drug-likeness (QED) is 0.624. The van der Waals surface area contributed by atoms with Gasteiger partial charge in [0.05, 0.1) is 5.52 Å². The highest BCUT2D eigenvalue weighted by Crippen LogP contribution is 2.18. The smallest absolute Gasteiger partial charge is 0.104 e. The number of para-hydroxylation sites is 1. The minimum absolute atomic E-state index is 1.12. The fraction of sp³-hybridized carbons (Fsp3) is 0.200. The van der Waals surface area contributed by atoms with Gasteiger partial charge in [-0.05, 0) is 18.6 Å². The number of nitrogens with zero attached hydrogens (tertiary/aromatic N) is 1. The Morgan fingerprint density at radius 2 is 2.00 bits per heavy atom. The maximum Gasteiger partial charge on any atom is 0.104 e. The first kappa shape index (κ1) is 7.22. The van der Waals surface area contributed by atoms with Crippen molar-refractivity contribution < 1.29 is 4.84 Å². The zero-order valence-corrected chi connectivity index (χ0v) is 7.24. The number of aromatic nitrogens is 1. The molecule has 2 nitrogen and oxygen atoms in total. The highest BCUT2D eigenvalue weighted by atomic mass is 16.6. The van der Waals surface area contributed by atoms with Crippen LogP contribution >= 0.6 is 0 Å². The number of hydrogen-bond donors (Lipinski definition) is 0. The summed E-state index contributed by atoms with van der Waals surface area (Å²) in [6.07, 6.45) is 1.99. The summed E-state index contributed by atoms with van der Waals surface area (Å²) in [7, 11) is 1.67. The molecule has 0 fully saturated rings. The van der Waals surface area contributed by atoms with Crippen molar-refractivity contribution in [1.29, 1.82) is 0 Å². The monoisotopic (exact) mass is 161 g/mol. The molecule has 0 spiro atoms. The van der Waals surface area contributed by atoms with E-state index in [9.17, 15) is 0 Å². The van der Waals surface area contributed by atoms with Crippen molar-refractivity contribution in [2.75, 3.05) is 7.11 Å². The van der Waals surface area contributed by atoms with Crippen molar-refractivity contribution in [3.8, 4) is 0 Å². The van der Waals surface area contributed by atoms with Gasteiger partial charge in [-0.2, -0.15) is 4.73 Å².